The zero-order chi connectivity index (χ0) is 27.2. The summed E-state index contributed by atoms with van der Waals surface area (Å²) in [6.45, 7) is 10.2. The molecule has 5 rings (SSSR count). The lowest BCUT2D eigenvalue weighted by Gasteiger charge is -2.31. The fourth-order valence-electron chi connectivity index (χ4n) is 4.96. The van der Waals surface area contributed by atoms with Crippen LogP contribution in [0.3, 0.4) is 0 Å². The summed E-state index contributed by atoms with van der Waals surface area (Å²) in [6, 6.07) is 14.4. The molecule has 1 aliphatic rings. The van der Waals surface area contributed by atoms with Gasteiger partial charge in [0.05, 0.1) is 23.1 Å². The van der Waals surface area contributed by atoms with Crippen molar-refractivity contribution in [2.24, 2.45) is 0 Å². The minimum Gasteiger partial charge on any atom is -0.470 e. The summed E-state index contributed by atoms with van der Waals surface area (Å²) in [4.78, 5) is 22.8. The zero-order valence-electron chi connectivity index (χ0n) is 22.3. The van der Waals surface area contributed by atoms with E-state index in [2.05, 4.69) is 86.4 Å². The lowest BCUT2D eigenvalue weighted by molar-refractivity contribution is 0.0171. The predicted octanol–water partition coefficient (Wildman–Crippen LogP) is 7.99. The van der Waals surface area contributed by atoms with Gasteiger partial charge < -0.3 is 19.0 Å². The zero-order valence-corrected chi connectivity index (χ0v) is 24.8. The Bertz CT molecular complexity index is 1490. The van der Waals surface area contributed by atoms with Crippen molar-refractivity contribution in [3.63, 3.8) is 0 Å². The molecule has 0 aliphatic carbocycles. The summed E-state index contributed by atoms with van der Waals surface area (Å²) in [6.07, 6.45) is 2.09. The van der Waals surface area contributed by atoms with Crippen LogP contribution in [0.25, 0.3) is 33.4 Å². The SMILES string of the molecule is CCCN(C(=O)OC(C)(C)C)[C@@H](CS)c1ncc(-c2ccc3c(c2)OC(C)n2c-3cc3cc(Br)ccc32)[nH]1. The number of H-pyrrole nitrogens is 1. The van der Waals surface area contributed by atoms with E-state index in [0.29, 0.717) is 18.1 Å². The average molecular weight is 598 g/mol. The maximum Gasteiger partial charge on any atom is 0.410 e. The number of hydrogen-bond acceptors (Lipinski definition) is 5. The molecule has 9 heteroatoms. The first-order chi connectivity index (χ1) is 18.1. The van der Waals surface area contributed by atoms with Crippen LogP contribution in [0.2, 0.25) is 0 Å². The van der Waals surface area contributed by atoms with Gasteiger partial charge in [-0.25, -0.2) is 9.78 Å². The molecule has 0 radical (unpaired) electrons. The molecule has 0 fully saturated rings. The van der Waals surface area contributed by atoms with Crippen molar-refractivity contribution in [2.45, 2.75) is 58.9 Å². The van der Waals surface area contributed by atoms with Crippen molar-refractivity contribution >= 4 is 45.6 Å². The number of nitrogens with zero attached hydrogens (tertiary/aromatic N) is 3. The van der Waals surface area contributed by atoms with Crippen molar-refractivity contribution in [2.75, 3.05) is 12.3 Å². The molecule has 2 atom stereocenters. The average Bonchev–Trinajstić information content (AvgIpc) is 3.48. The van der Waals surface area contributed by atoms with Gasteiger partial charge in [-0.1, -0.05) is 28.9 Å². The lowest BCUT2D eigenvalue weighted by Crippen LogP contribution is -2.40. The van der Waals surface area contributed by atoms with E-state index < -0.39 is 5.60 Å². The third-order valence-corrected chi connectivity index (χ3v) is 7.42. The summed E-state index contributed by atoms with van der Waals surface area (Å²) >= 11 is 8.14. The molecule has 1 N–H and O–H groups in total. The van der Waals surface area contributed by atoms with Gasteiger partial charge in [0.2, 0.25) is 0 Å². The van der Waals surface area contributed by atoms with E-state index in [0.717, 1.165) is 44.7 Å². The number of halogens is 1. The number of carbonyl (C=O) groups excluding carboxylic acids is 1. The number of nitrogens with one attached hydrogen (secondary N) is 1. The van der Waals surface area contributed by atoms with E-state index in [9.17, 15) is 4.79 Å². The van der Waals surface area contributed by atoms with Crippen LogP contribution < -0.4 is 4.74 Å². The molecular weight excluding hydrogens is 564 g/mol. The Labute approximate surface area is 237 Å². The molecule has 7 nitrogen and oxygen atoms in total. The van der Waals surface area contributed by atoms with Gasteiger partial charge in [-0.2, -0.15) is 12.6 Å². The van der Waals surface area contributed by atoms with Gasteiger partial charge in [-0.05, 0) is 70.5 Å². The quantitative estimate of drug-likeness (QED) is 0.221. The number of amides is 1. The molecule has 1 unspecified atom stereocenters. The van der Waals surface area contributed by atoms with E-state index in [1.54, 1.807) is 11.1 Å². The highest BCUT2D eigenvalue weighted by Crippen LogP contribution is 2.44. The maximum absolute atomic E-state index is 13.0. The molecule has 0 saturated heterocycles. The normalized spacial score (nSPS) is 15.5. The molecule has 0 saturated carbocycles. The summed E-state index contributed by atoms with van der Waals surface area (Å²) in [5.74, 6) is 1.91. The van der Waals surface area contributed by atoms with Gasteiger partial charge in [0, 0.05) is 33.3 Å². The molecule has 3 heterocycles. The number of hydrogen-bond donors (Lipinski definition) is 2. The number of ether oxygens (including phenoxy) is 2. The monoisotopic (exact) mass is 596 g/mol. The first-order valence-electron chi connectivity index (χ1n) is 12.9. The summed E-state index contributed by atoms with van der Waals surface area (Å²) in [5.41, 5.74) is 4.54. The minimum absolute atomic E-state index is 0.145. The van der Waals surface area contributed by atoms with Gasteiger partial charge in [-0.3, -0.25) is 4.90 Å². The number of rotatable bonds is 6. The standard InChI is InChI=1S/C29H33BrN4O3S/c1-6-11-33(28(35)37-29(3,4)5)25(16-38)27-31-15-22(32-27)18-7-9-21-24-13-19-12-20(30)8-10-23(19)34(24)17(2)36-26(21)14-18/h7-10,12-15,17,25,38H,6,11,16H2,1-5H3,(H,31,32)/t17?,25-/m0/s1. The van der Waals surface area contributed by atoms with Crippen LogP contribution in [0.5, 0.6) is 5.75 Å². The van der Waals surface area contributed by atoms with Crippen LogP contribution in [0.1, 0.15) is 59.1 Å². The maximum atomic E-state index is 13.0. The second kappa shape index (κ2) is 10.3. The molecule has 4 aromatic rings. The Morgan fingerprint density at radius 2 is 2.05 bits per heavy atom. The number of aromatic amines is 1. The van der Waals surface area contributed by atoms with Crippen molar-refractivity contribution in [1.29, 1.82) is 0 Å². The minimum atomic E-state index is -0.582. The highest BCUT2D eigenvalue weighted by atomic mass is 79.9. The van der Waals surface area contributed by atoms with E-state index in [4.69, 9.17) is 9.47 Å². The lowest BCUT2D eigenvalue weighted by atomic mass is 10.0. The predicted molar refractivity (Wildman–Crippen MR) is 158 cm³/mol. The first-order valence-corrected chi connectivity index (χ1v) is 14.3. The van der Waals surface area contributed by atoms with Crippen LogP contribution in [0.4, 0.5) is 4.79 Å². The summed E-state index contributed by atoms with van der Waals surface area (Å²) in [5, 5.41) is 1.17. The molecule has 1 amide bonds. The molecule has 38 heavy (non-hydrogen) atoms. The third kappa shape index (κ3) is 5.06. The van der Waals surface area contributed by atoms with Gasteiger partial charge in [0.1, 0.15) is 23.2 Å². The van der Waals surface area contributed by atoms with E-state index in [1.807, 2.05) is 33.8 Å². The van der Waals surface area contributed by atoms with Crippen LogP contribution in [0, 0.1) is 0 Å². The van der Waals surface area contributed by atoms with Crippen molar-refractivity contribution < 1.29 is 14.3 Å². The topological polar surface area (TPSA) is 72.4 Å². The number of benzene rings is 2. The summed E-state index contributed by atoms with van der Waals surface area (Å²) in [7, 11) is 0. The van der Waals surface area contributed by atoms with E-state index >= 15 is 0 Å². The van der Waals surface area contributed by atoms with Gasteiger partial charge >= 0.3 is 6.09 Å². The van der Waals surface area contributed by atoms with Crippen LogP contribution in [-0.4, -0.2) is 43.4 Å². The molecule has 2 aromatic heterocycles. The Morgan fingerprint density at radius 3 is 2.76 bits per heavy atom. The van der Waals surface area contributed by atoms with Gasteiger partial charge in [0.25, 0.3) is 0 Å². The van der Waals surface area contributed by atoms with Crippen LogP contribution in [-0.2, 0) is 4.74 Å². The Hall–Kier alpha value is -2.91. The number of thiol groups is 1. The fourth-order valence-corrected chi connectivity index (χ4v) is 5.71. The second-order valence-corrected chi connectivity index (χ2v) is 11.9. The first kappa shape index (κ1) is 26.7. The second-order valence-electron chi connectivity index (χ2n) is 10.6. The van der Waals surface area contributed by atoms with Gasteiger partial charge in [0.15, 0.2) is 6.23 Å². The van der Waals surface area contributed by atoms with Gasteiger partial charge in [-0.15, -0.1) is 0 Å². The highest BCUT2D eigenvalue weighted by molar-refractivity contribution is 9.10. The number of imidazole rings is 1. The van der Waals surface area contributed by atoms with Crippen LogP contribution in [0.15, 0.2) is 53.1 Å². The number of aromatic nitrogens is 3. The highest BCUT2D eigenvalue weighted by Gasteiger charge is 2.30. The largest absolute Gasteiger partial charge is 0.470 e. The Balaban J connectivity index is 1.46. The fraction of sp³-hybridized carbons (Fsp3) is 0.379. The molecule has 1 aliphatic heterocycles. The third-order valence-electron chi connectivity index (χ3n) is 6.58. The molecular formula is C29H33BrN4O3S. The van der Waals surface area contributed by atoms with E-state index in [-0.39, 0.29) is 18.4 Å². The molecule has 0 bridgehead atoms. The Morgan fingerprint density at radius 1 is 1.26 bits per heavy atom. The van der Waals surface area contributed by atoms with Crippen molar-refractivity contribution in [3.05, 3.63) is 59.0 Å². The number of carbonyl (C=O) groups is 1. The van der Waals surface area contributed by atoms with E-state index in [1.165, 1.54) is 5.39 Å². The molecule has 2 aromatic carbocycles. The summed E-state index contributed by atoms with van der Waals surface area (Å²) < 4.78 is 15.3. The van der Waals surface area contributed by atoms with Crippen LogP contribution >= 0.6 is 28.6 Å². The van der Waals surface area contributed by atoms with Crippen molar-refractivity contribution in [1.82, 2.24) is 19.4 Å². The molecule has 0 spiro atoms. The number of fused-ring (bicyclic) bond motifs is 5. The smallest absolute Gasteiger partial charge is 0.410 e. The Kier molecular flexibility index (Phi) is 7.26. The molecule has 200 valence electrons. The van der Waals surface area contributed by atoms with Crippen molar-refractivity contribution in [3.8, 4) is 28.3 Å².